The second-order valence-electron chi connectivity index (χ2n) is 8.25. The third kappa shape index (κ3) is 5.06. The molecule has 0 bridgehead atoms. The fourth-order valence-electron chi connectivity index (χ4n) is 2.13. The van der Waals surface area contributed by atoms with Crippen LogP contribution in [0.25, 0.3) is 0 Å². The molecule has 0 spiro atoms. The summed E-state index contributed by atoms with van der Waals surface area (Å²) in [6.45, 7) is 16.5. The van der Waals surface area contributed by atoms with Crippen LogP contribution in [0, 0.1) is 11.3 Å². The number of carbonyl (C=O) groups excluding carboxylic acids is 1. The van der Waals surface area contributed by atoms with Crippen LogP contribution in [0.3, 0.4) is 0 Å². The van der Waals surface area contributed by atoms with Crippen molar-refractivity contribution in [2.45, 2.75) is 77.7 Å². The monoisotopic (exact) mass is 317 g/mol. The number of rotatable bonds is 2. The lowest BCUT2D eigenvalue weighted by Crippen LogP contribution is -2.48. The molecule has 0 unspecified atom stereocenters. The van der Waals surface area contributed by atoms with Gasteiger partial charge < -0.3 is 9.84 Å². The van der Waals surface area contributed by atoms with Crippen LogP contribution in [0.5, 0.6) is 0 Å². The number of carbonyl (C=O) groups is 1. The van der Waals surface area contributed by atoms with Gasteiger partial charge in [-0.15, -0.1) is 11.8 Å². The summed E-state index contributed by atoms with van der Waals surface area (Å²) in [7, 11) is 0. The molecule has 0 aromatic carbocycles. The van der Waals surface area contributed by atoms with Crippen LogP contribution in [0.1, 0.15) is 55.4 Å². The average Bonchev–Trinajstić information content (AvgIpc) is 2.68. The Morgan fingerprint density at radius 2 is 1.76 bits per heavy atom. The number of amides is 1. The number of aliphatic hydroxyl groups is 1. The summed E-state index contributed by atoms with van der Waals surface area (Å²) in [6.07, 6.45) is -0.912. The molecule has 0 aliphatic carbocycles. The van der Waals surface area contributed by atoms with E-state index in [1.165, 1.54) is 0 Å². The fraction of sp³-hybridized carbons (Fsp3) is 0.938. The first-order valence-corrected chi connectivity index (χ1v) is 8.60. The average molecular weight is 317 g/mol. The second kappa shape index (κ2) is 6.37. The first-order chi connectivity index (χ1) is 9.33. The lowest BCUT2D eigenvalue weighted by atomic mass is 9.88. The molecule has 1 fully saturated rings. The van der Waals surface area contributed by atoms with Gasteiger partial charge >= 0.3 is 6.09 Å². The summed E-state index contributed by atoms with van der Waals surface area (Å²) in [5, 5.41) is 10.7. The Kier molecular flexibility index (Phi) is 5.65. The Morgan fingerprint density at radius 1 is 1.24 bits per heavy atom. The highest BCUT2D eigenvalue weighted by molar-refractivity contribution is 8.00. The van der Waals surface area contributed by atoms with E-state index in [2.05, 4.69) is 13.8 Å². The van der Waals surface area contributed by atoms with Gasteiger partial charge in [0.1, 0.15) is 11.0 Å². The highest BCUT2D eigenvalue weighted by Gasteiger charge is 2.45. The van der Waals surface area contributed by atoms with Crippen LogP contribution >= 0.6 is 11.8 Å². The molecule has 1 rings (SSSR count). The molecule has 0 aromatic rings. The minimum Gasteiger partial charge on any atom is -0.444 e. The van der Waals surface area contributed by atoms with E-state index >= 15 is 0 Å². The lowest BCUT2D eigenvalue weighted by Gasteiger charge is -2.35. The van der Waals surface area contributed by atoms with Crippen molar-refractivity contribution in [3.63, 3.8) is 0 Å². The Morgan fingerprint density at radius 3 is 2.14 bits per heavy atom. The van der Waals surface area contributed by atoms with Gasteiger partial charge in [0.15, 0.2) is 0 Å². The highest BCUT2D eigenvalue weighted by Crippen LogP contribution is 2.41. The Bertz CT molecular complexity index is 371. The Labute approximate surface area is 133 Å². The van der Waals surface area contributed by atoms with Crippen molar-refractivity contribution >= 4 is 17.9 Å². The maximum atomic E-state index is 12.5. The molecule has 5 heteroatoms. The van der Waals surface area contributed by atoms with Gasteiger partial charge in [-0.2, -0.15) is 0 Å². The van der Waals surface area contributed by atoms with E-state index in [9.17, 15) is 9.90 Å². The fourth-order valence-corrected chi connectivity index (χ4v) is 3.93. The van der Waals surface area contributed by atoms with Gasteiger partial charge in [0.25, 0.3) is 0 Å². The normalized spacial score (nSPS) is 25.3. The molecule has 124 valence electrons. The maximum Gasteiger partial charge on any atom is 0.411 e. The molecular weight excluding hydrogens is 286 g/mol. The Balaban J connectivity index is 2.93. The van der Waals surface area contributed by atoms with Gasteiger partial charge in [-0.3, -0.25) is 4.90 Å². The van der Waals surface area contributed by atoms with E-state index in [-0.39, 0.29) is 16.9 Å². The molecule has 0 radical (unpaired) electrons. The van der Waals surface area contributed by atoms with Gasteiger partial charge in [-0.25, -0.2) is 4.79 Å². The van der Waals surface area contributed by atoms with Crippen LogP contribution in [0.2, 0.25) is 0 Å². The van der Waals surface area contributed by atoms with E-state index in [0.717, 1.165) is 0 Å². The molecule has 0 saturated carbocycles. The van der Waals surface area contributed by atoms with Crippen molar-refractivity contribution in [3.8, 4) is 0 Å². The van der Waals surface area contributed by atoms with Crippen LogP contribution in [0.15, 0.2) is 0 Å². The molecule has 21 heavy (non-hydrogen) atoms. The van der Waals surface area contributed by atoms with Crippen molar-refractivity contribution in [1.29, 1.82) is 0 Å². The quantitative estimate of drug-likeness (QED) is 0.843. The molecule has 1 heterocycles. The standard InChI is InChI=1S/C16H31NO3S/c1-10(2)11-9-17(14(19)20-16(6,7)8)13(21-11)12(18)15(3,4)5/h10-13,18H,9H2,1-8H3/t11-,12+,13+/m0/s1. The number of ether oxygens (including phenoxy) is 1. The minimum atomic E-state index is -0.584. The summed E-state index contributed by atoms with van der Waals surface area (Å²) in [5.74, 6) is 0.456. The van der Waals surface area contributed by atoms with Gasteiger partial charge in [0.2, 0.25) is 0 Å². The highest BCUT2D eigenvalue weighted by atomic mass is 32.2. The predicted octanol–water partition coefficient (Wildman–Crippen LogP) is 3.73. The van der Waals surface area contributed by atoms with Crippen molar-refractivity contribution in [3.05, 3.63) is 0 Å². The lowest BCUT2D eigenvalue weighted by molar-refractivity contribution is -0.00860. The van der Waals surface area contributed by atoms with E-state index in [1.807, 2.05) is 41.5 Å². The summed E-state index contributed by atoms with van der Waals surface area (Å²) in [4.78, 5) is 14.2. The minimum absolute atomic E-state index is 0.243. The molecule has 0 aromatic heterocycles. The number of aliphatic hydroxyl groups excluding tert-OH is 1. The third-order valence-electron chi connectivity index (χ3n) is 3.53. The topological polar surface area (TPSA) is 49.8 Å². The van der Waals surface area contributed by atoms with E-state index in [0.29, 0.717) is 17.7 Å². The molecule has 1 amide bonds. The zero-order valence-corrected chi connectivity index (χ0v) is 15.5. The van der Waals surface area contributed by atoms with Crippen molar-refractivity contribution in [2.75, 3.05) is 6.54 Å². The zero-order valence-electron chi connectivity index (χ0n) is 14.6. The largest absolute Gasteiger partial charge is 0.444 e. The molecular formula is C16H31NO3S. The number of hydrogen-bond acceptors (Lipinski definition) is 4. The smallest absolute Gasteiger partial charge is 0.411 e. The van der Waals surface area contributed by atoms with Crippen molar-refractivity contribution in [1.82, 2.24) is 4.90 Å². The maximum absolute atomic E-state index is 12.5. The molecule has 3 atom stereocenters. The number of hydrogen-bond donors (Lipinski definition) is 1. The van der Waals surface area contributed by atoms with Crippen molar-refractivity contribution < 1.29 is 14.6 Å². The van der Waals surface area contributed by atoms with Gasteiger partial charge in [-0.1, -0.05) is 34.6 Å². The van der Waals surface area contributed by atoms with Crippen LogP contribution in [-0.2, 0) is 4.74 Å². The van der Waals surface area contributed by atoms with Gasteiger partial charge in [0, 0.05) is 11.8 Å². The van der Waals surface area contributed by atoms with Gasteiger partial charge in [0.05, 0.1) is 6.10 Å². The molecule has 1 aliphatic heterocycles. The van der Waals surface area contributed by atoms with E-state index in [1.54, 1.807) is 16.7 Å². The Hall–Kier alpha value is -0.420. The predicted molar refractivity (Wildman–Crippen MR) is 88.4 cm³/mol. The molecule has 1 N–H and O–H groups in total. The van der Waals surface area contributed by atoms with Crippen LogP contribution < -0.4 is 0 Å². The summed E-state index contributed by atoms with van der Waals surface area (Å²) < 4.78 is 5.51. The zero-order chi connectivity index (χ0) is 16.6. The first kappa shape index (κ1) is 18.6. The van der Waals surface area contributed by atoms with E-state index < -0.39 is 11.7 Å². The molecule has 4 nitrogen and oxygen atoms in total. The first-order valence-electron chi connectivity index (χ1n) is 7.66. The van der Waals surface area contributed by atoms with Gasteiger partial charge in [-0.05, 0) is 32.1 Å². The number of nitrogens with zero attached hydrogens (tertiary/aromatic N) is 1. The van der Waals surface area contributed by atoms with Crippen LogP contribution in [-0.4, -0.2) is 45.0 Å². The van der Waals surface area contributed by atoms with Crippen LogP contribution in [0.4, 0.5) is 4.79 Å². The molecule has 1 aliphatic rings. The van der Waals surface area contributed by atoms with E-state index in [4.69, 9.17) is 4.74 Å². The third-order valence-corrected chi connectivity index (χ3v) is 5.36. The molecule has 1 saturated heterocycles. The summed E-state index contributed by atoms with van der Waals surface area (Å²) >= 11 is 1.69. The summed E-state index contributed by atoms with van der Waals surface area (Å²) in [5.41, 5.74) is -0.793. The second-order valence-corrected chi connectivity index (χ2v) is 9.61. The summed E-state index contributed by atoms with van der Waals surface area (Å²) in [6, 6.07) is 0. The van der Waals surface area contributed by atoms with Crippen molar-refractivity contribution in [2.24, 2.45) is 11.3 Å². The number of thioether (sulfide) groups is 1. The SMILES string of the molecule is CC(C)[C@@H]1CN(C(=O)OC(C)(C)C)[C@@H]([C@@H](O)C(C)(C)C)S1.